The first-order valence-corrected chi connectivity index (χ1v) is 13.0. The molecule has 2 aromatic rings. The fraction of sp³-hybridized carbons (Fsp3) is 0.444. The van der Waals surface area contributed by atoms with Gasteiger partial charge < -0.3 is 24.6 Å². The second-order valence-electron chi connectivity index (χ2n) is 9.22. The zero-order valence-corrected chi connectivity index (χ0v) is 22.5. The van der Waals surface area contributed by atoms with E-state index in [1.165, 1.54) is 4.90 Å². The third kappa shape index (κ3) is 6.57. The van der Waals surface area contributed by atoms with E-state index in [1.807, 2.05) is 42.2 Å². The first-order chi connectivity index (χ1) is 17.9. The van der Waals surface area contributed by atoms with Gasteiger partial charge in [-0.3, -0.25) is 19.4 Å². The van der Waals surface area contributed by atoms with Crippen LogP contribution in [0.5, 0.6) is 11.5 Å². The van der Waals surface area contributed by atoms with Gasteiger partial charge in [0.1, 0.15) is 17.5 Å². The van der Waals surface area contributed by atoms with E-state index < -0.39 is 6.04 Å². The fourth-order valence-electron chi connectivity index (χ4n) is 4.58. The van der Waals surface area contributed by atoms with Crippen molar-refractivity contribution in [3.05, 3.63) is 48.5 Å². The van der Waals surface area contributed by atoms with Crippen LogP contribution in [-0.4, -0.2) is 97.7 Å². The molecule has 1 atom stereocenters. The first kappa shape index (κ1) is 26.8. The second kappa shape index (κ2) is 12.4. The van der Waals surface area contributed by atoms with Gasteiger partial charge in [-0.1, -0.05) is 6.07 Å². The van der Waals surface area contributed by atoms with Crippen molar-refractivity contribution in [3.63, 3.8) is 0 Å². The van der Waals surface area contributed by atoms with Crippen molar-refractivity contribution in [3.8, 4) is 11.5 Å². The zero-order chi connectivity index (χ0) is 26.4. The largest absolute Gasteiger partial charge is 0.497 e. The van der Waals surface area contributed by atoms with E-state index in [0.29, 0.717) is 35.4 Å². The number of nitrogens with one attached hydrogen (secondary N) is 1. The minimum Gasteiger partial charge on any atom is -0.497 e. The molecule has 4 rings (SSSR count). The van der Waals surface area contributed by atoms with Crippen molar-refractivity contribution in [1.29, 1.82) is 0 Å². The molecule has 2 heterocycles. The molecule has 2 amide bonds. The number of amides is 2. The topological polar surface area (TPSA) is 77.6 Å². The van der Waals surface area contributed by atoms with Crippen LogP contribution in [0.2, 0.25) is 0 Å². The summed E-state index contributed by atoms with van der Waals surface area (Å²) in [5.41, 5.74) is 1.28. The highest BCUT2D eigenvalue weighted by molar-refractivity contribution is 7.80. The molecular weight excluding hydrogens is 490 g/mol. The standard InChI is InChI=1S/C27H35N5O4S/c1-4-36-22-10-8-20(9-11-22)28-25(33)19-24-26(34)32(21-6-5-7-23(18-21)35-3)27(37)31(24)17-16-30-14-12-29(2)13-15-30/h5-11,18,24H,4,12-17,19H2,1-3H3,(H,28,33)/t24-/m1/s1. The summed E-state index contributed by atoms with van der Waals surface area (Å²) in [6, 6.07) is 13.8. The van der Waals surface area contributed by atoms with Gasteiger partial charge in [-0.25, -0.2) is 0 Å². The highest BCUT2D eigenvalue weighted by Gasteiger charge is 2.44. The Balaban J connectivity index is 1.49. The summed E-state index contributed by atoms with van der Waals surface area (Å²) >= 11 is 5.80. The molecule has 1 N–H and O–H groups in total. The van der Waals surface area contributed by atoms with E-state index in [1.54, 1.807) is 25.3 Å². The Kier molecular flexibility index (Phi) is 8.96. The number of piperazine rings is 1. The number of nitrogens with zero attached hydrogens (tertiary/aromatic N) is 4. The Labute approximate surface area is 223 Å². The van der Waals surface area contributed by atoms with Crippen molar-refractivity contribution >= 4 is 40.5 Å². The number of hydrogen-bond acceptors (Lipinski definition) is 7. The smallest absolute Gasteiger partial charge is 0.256 e. The molecule has 0 aliphatic carbocycles. The van der Waals surface area contributed by atoms with Crippen molar-refractivity contribution in [1.82, 2.24) is 14.7 Å². The van der Waals surface area contributed by atoms with Gasteiger partial charge in [0.2, 0.25) is 5.91 Å². The van der Waals surface area contributed by atoms with Crippen LogP contribution >= 0.6 is 12.2 Å². The molecule has 0 unspecified atom stereocenters. The van der Waals surface area contributed by atoms with Gasteiger partial charge in [-0.05, 0) is 62.6 Å². The molecule has 2 aliphatic heterocycles. The van der Waals surface area contributed by atoms with E-state index in [4.69, 9.17) is 21.7 Å². The molecule has 2 aliphatic rings. The molecule has 0 spiro atoms. The molecule has 2 fully saturated rings. The highest BCUT2D eigenvalue weighted by Crippen LogP contribution is 2.30. The number of methoxy groups -OCH3 is 1. The number of thiocarbonyl (C=S) groups is 1. The third-order valence-electron chi connectivity index (χ3n) is 6.71. The van der Waals surface area contributed by atoms with Crippen LogP contribution < -0.4 is 19.7 Å². The maximum absolute atomic E-state index is 13.7. The quantitative estimate of drug-likeness (QED) is 0.475. The number of carbonyl (C=O) groups excluding carboxylic acids is 2. The summed E-state index contributed by atoms with van der Waals surface area (Å²) in [5, 5.41) is 3.31. The van der Waals surface area contributed by atoms with Gasteiger partial charge in [0.05, 0.1) is 25.8 Å². The SMILES string of the molecule is CCOc1ccc(NC(=O)C[C@@H]2C(=O)N(c3cccc(OC)c3)C(=S)N2CCN2CCN(C)CC2)cc1. The average molecular weight is 526 g/mol. The van der Waals surface area contributed by atoms with Crippen LogP contribution in [0.15, 0.2) is 48.5 Å². The molecule has 0 saturated carbocycles. The highest BCUT2D eigenvalue weighted by atomic mass is 32.1. The number of carbonyl (C=O) groups is 2. The maximum atomic E-state index is 13.7. The lowest BCUT2D eigenvalue weighted by atomic mass is 10.1. The Hall–Kier alpha value is -3.21. The van der Waals surface area contributed by atoms with Crippen LogP contribution in [0, 0.1) is 0 Å². The lowest BCUT2D eigenvalue weighted by Gasteiger charge is -2.34. The number of ether oxygens (including phenoxy) is 2. The Morgan fingerprint density at radius 3 is 2.46 bits per heavy atom. The molecule has 37 heavy (non-hydrogen) atoms. The molecule has 10 heteroatoms. The molecule has 2 saturated heterocycles. The van der Waals surface area contributed by atoms with Crippen molar-refractivity contribution in [2.75, 3.05) is 70.2 Å². The number of rotatable bonds is 10. The van der Waals surface area contributed by atoms with Crippen LogP contribution in [0.3, 0.4) is 0 Å². The monoisotopic (exact) mass is 525 g/mol. The lowest BCUT2D eigenvalue weighted by Crippen LogP contribution is -2.48. The van der Waals surface area contributed by atoms with Crippen molar-refractivity contribution in [2.45, 2.75) is 19.4 Å². The molecule has 2 aromatic carbocycles. The number of anilines is 2. The molecule has 0 bridgehead atoms. The first-order valence-electron chi connectivity index (χ1n) is 12.6. The summed E-state index contributed by atoms with van der Waals surface area (Å²) in [6.07, 6.45) is -0.00457. The Morgan fingerprint density at radius 2 is 1.78 bits per heavy atom. The minimum absolute atomic E-state index is 0.00457. The predicted octanol–water partition coefficient (Wildman–Crippen LogP) is 2.67. The summed E-state index contributed by atoms with van der Waals surface area (Å²) in [4.78, 5) is 34.8. The van der Waals surface area contributed by atoms with Crippen molar-refractivity contribution in [2.24, 2.45) is 0 Å². The van der Waals surface area contributed by atoms with E-state index >= 15 is 0 Å². The minimum atomic E-state index is -0.686. The van der Waals surface area contributed by atoms with E-state index in [0.717, 1.165) is 38.5 Å². The summed E-state index contributed by atoms with van der Waals surface area (Å²) < 4.78 is 10.8. The number of likely N-dealkylation sites (N-methyl/N-ethyl adjacent to an activating group) is 1. The van der Waals surface area contributed by atoms with Crippen LogP contribution in [0.4, 0.5) is 11.4 Å². The summed E-state index contributed by atoms with van der Waals surface area (Å²) in [5.74, 6) is 0.912. The normalized spacial score (nSPS) is 18.8. The number of hydrogen-bond donors (Lipinski definition) is 1. The lowest BCUT2D eigenvalue weighted by molar-refractivity contribution is -0.124. The van der Waals surface area contributed by atoms with E-state index in [2.05, 4.69) is 22.2 Å². The van der Waals surface area contributed by atoms with Crippen LogP contribution in [-0.2, 0) is 9.59 Å². The third-order valence-corrected chi connectivity index (χ3v) is 7.13. The van der Waals surface area contributed by atoms with E-state index in [9.17, 15) is 9.59 Å². The summed E-state index contributed by atoms with van der Waals surface area (Å²) in [6.45, 7) is 7.77. The second-order valence-corrected chi connectivity index (χ2v) is 9.59. The molecule has 0 aromatic heterocycles. The zero-order valence-electron chi connectivity index (χ0n) is 21.7. The predicted molar refractivity (Wildman–Crippen MR) is 148 cm³/mol. The Bertz CT molecular complexity index is 1100. The van der Waals surface area contributed by atoms with Gasteiger partial charge in [-0.15, -0.1) is 0 Å². The molecule has 198 valence electrons. The van der Waals surface area contributed by atoms with Gasteiger partial charge in [0, 0.05) is 51.0 Å². The molecule has 9 nitrogen and oxygen atoms in total. The average Bonchev–Trinajstić information content (AvgIpc) is 3.13. The molecule has 0 radical (unpaired) electrons. The van der Waals surface area contributed by atoms with Crippen LogP contribution in [0.1, 0.15) is 13.3 Å². The van der Waals surface area contributed by atoms with Gasteiger partial charge >= 0.3 is 0 Å². The van der Waals surface area contributed by atoms with E-state index in [-0.39, 0.29) is 18.2 Å². The number of benzene rings is 2. The Morgan fingerprint density at radius 1 is 1.05 bits per heavy atom. The van der Waals surface area contributed by atoms with Crippen LogP contribution in [0.25, 0.3) is 0 Å². The summed E-state index contributed by atoms with van der Waals surface area (Å²) in [7, 11) is 3.70. The van der Waals surface area contributed by atoms with Gasteiger partial charge in [-0.2, -0.15) is 0 Å². The van der Waals surface area contributed by atoms with Gasteiger partial charge in [0.25, 0.3) is 5.91 Å². The maximum Gasteiger partial charge on any atom is 0.256 e. The fourth-order valence-corrected chi connectivity index (χ4v) is 5.00. The molecular formula is C27H35N5O4S. The van der Waals surface area contributed by atoms with Crippen molar-refractivity contribution < 1.29 is 19.1 Å². The van der Waals surface area contributed by atoms with Gasteiger partial charge in [0.15, 0.2) is 5.11 Å².